The van der Waals surface area contributed by atoms with Crippen molar-refractivity contribution in [1.29, 1.82) is 0 Å². The van der Waals surface area contributed by atoms with E-state index in [0.717, 1.165) is 18.0 Å². The Labute approximate surface area is 103 Å². The summed E-state index contributed by atoms with van der Waals surface area (Å²) in [6.45, 7) is 1.25. The van der Waals surface area contributed by atoms with E-state index in [9.17, 15) is 9.59 Å². The van der Waals surface area contributed by atoms with Gasteiger partial charge in [-0.25, -0.2) is 4.79 Å². The first kappa shape index (κ1) is 11.9. The Morgan fingerprint density at radius 1 is 1.59 bits per heavy atom. The second-order valence-electron chi connectivity index (χ2n) is 3.57. The molecule has 1 aromatic rings. The van der Waals surface area contributed by atoms with E-state index < -0.39 is 5.97 Å². The molecule has 0 saturated carbocycles. The minimum atomic E-state index is -0.406. The Balaban J connectivity index is 2.03. The van der Waals surface area contributed by atoms with Crippen LogP contribution in [0.15, 0.2) is 18.3 Å². The number of aromatic nitrogens is 1. The highest BCUT2D eigenvalue weighted by atomic mass is 32.2. The van der Waals surface area contributed by atoms with Crippen LogP contribution in [0, 0.1) is 0 Å². The number of rotatable bonds is 3. The Morgan fingerprint density at radius 2 is 2.41 bits per heavy atom. The molecule has 0 unspecified atom stereocenters. The lowest BCUT2D eigenvalue weighted by Crippen LogP contribution is -2.23. The second-order valence-corrected chi connectivity index (χ2v) is 4.61. The van der Waals surface area contributed by atoms with Crippen LogP contribution in [0.1, 0.15) is 16.1 Å². The normalized spacial score (nSPS) is 15.1. The molecule has 6 heteroatoms. The number of carbonyl (C=O) groups excluding carboxylic acids is 2. The predicted molar refractivity (Wildman–Crippen MR) is 63.8 cm³/mol. The first-order chi connectivity index (χ1) is 8.20. The molecule has 5 nitrogen and oxygen atoms in total. The molecule has 0 spiro atoms. The maximum atomic E-state index is 11.4. The van der Waals surface area contributed by atoms with Crippen molar-refractivity contribution >= 4 is 23.0 Å². The summed E-state index contributed by atoms with van der Waals surface area (Å²) < 4.78 is 4.58. The van der Waals surface area contributed by atoms with Gasteiger partial charge in [0.2, 0.25) is 0 Å². The molecule has 2 rings (SSSR count). The number of nitrogens with zero attached hydrogens (tertiary/aromatic N) is 2. The monoisotopic (exact) mass is 252 g/mol. The first-order valence-corrected chi connectivity index (χ1v) is 6.14. The summed E-state index contributed by atoms with van der Waals surface area (Å²) in [4.78, 5) is 28.5. The van der Waals surface area contributed by atoms with Crippen molar-refractivity contribution < 1.29 is 14.3 Å². The average molecular weight is 252 g/mol. The van der Waals surface area contributed by atoms with Crippen molar-refractivity contribution in [2.24, 2.45) is 0 Å². The molecule has 2 heterocycles. The van der Waals surface area contributed by atoms with Gasteiger partial charge in [-0.05, 0) is 12.1 Å². The molecule has 0 atom stereocenters. The summed E-state index contributed by atoms with van der Waals surface area (Å²) in [5.41, 5.74) is 1.19. The highest BCUT2D eigenvalue weighted by Crippen LogP contribution is 2.19. The number of carbonyl (C=O) groups is 2. The van der Waals surface area contributed by atoms with Gasteiger partial charge in [0.1, 0.15) is 0 Å². The zero-order chi connectivity index (χ0) is 12.3. The lowest BCUT2D eigenvalue weighted by Gasteiger charge is -2.13. The van der Waals surface area contributed by atoms with E-state index in [2.05, 4.69) is 9.72 Å². The standard InChI is InChI=1S/C11H12N2O3S/c1-16-10(14)8-2-3-9(12-6-8)7-13-4-5-17-11(13)15/h2-3,6H,4-5,7H2,1H3. The van der Waals surface area contributed by atoms with Gasteiger partial charge in [-0.2, -0.15) is 0 Å². The van der Waals surface area contributed by atoms with Gasteiger partial charge in [0.25, 0.3) is 5.24 Å². The third-order valence-electron chi connectivity index (χ3n) is 2.44. The van der Waals surface area contributed by atoms with Gasteiger partial charge in [0.05, 0.1) is 24.9 Å². The molecule has 1 aliphatic rings. The maximum absolute atomic E-state index is 11.4. The molecule has 0 aromatic carbocycles. The van der Waals surface area contributed by atoms with Crippen molar-refractivity contribution in [2.75, 3.05) is 19.4 Å². The van der Waals surface area contributed by atoms with Crippen molar-refractivity contribution in [3.8, 4) is 0 Å². The quantitative estimate of drug-likeness (QED) is 0.764. The largest absolute Gasteiger partial charge is 0.465 e. The third-order valence-corrected chi connectivity index (χ3v) is 3.34. The molecule has 1 saturated heterocycles. The second kappa shape index (κ2) is 5.18. The fourth-order valence-electron chi connectivity index (χ4n) is 1.52. The maximum Gasteiger partial charge on any atom is 0.339 e. The molecule has 1 aliphatic heterocycles. The SMILES string of the molecule is COC(=O)c1ccc(CN2CCSC2=O)nc1. The highest BCUT2D eigenvalue weighted by molar-refractivity contribution is 8.13. The van der Waals surface area contributed by atoms with Crippen molar-refractivity contribution in [2.45, 2.75) is 6.54 Å². The van der Waals surface area contributed by atoms with Gasteiger partial charge >= 0.3 is 5.97 Å². The van der Waals surface area contributed by atoms with Gasteiger partial charge < -0.3 is 9.64 Å². The predicted octanol–water partition coefficient (Wildman–Crippen LogP) is 1.54. The number of ether oxygens (including phenoxy) is 1. The smallest absolute Gasteiger partial charge is 0.339 e. The van der Waals surface area contributed by atoms with Crippen LogP contribution in [0.25, 0.3) is 0 Å². The van der Waals surface area contributed by atoms with Gasteiger partial charge in [-0.1, -0.05) is 11.8 Å². The number of pyridine rings is 1. The molecule has 17 heavy (non-hydrogen) atoms. The van der Waals surface area contributed by atoms with Crippen molar-refractivity contribution in [3.63, 3.8) is 0 Å². The summed E-state index contributed by atoms with van der Waals surface area (Å²) in [5.74, 6) is 0.427. The molecule has 1 amide bonds. The van der Waals surface area contributed by atoms with E-state index in [1.54, 1.807) is 17.0 Å². The summed E-state index contributed by atoms with van der Waals surface area (Å²) in [6.07, 6.45) is 1.47. The van der Waals surface area contributed by atoms with E-state index in [4.69, 9.17) is 0 Å². The number of amides is 1. The van der Waals surface area contributed by atoms with Crippen LogP contribution in [-0.4, -0.2) is 40.5 Å². The third kappa shape index (κ3) is 2.76. The van der Waals surface area contributed by atoms with Gasteiger partial charge in [0, 0.05) is 18.5 Å². The summed E-state index contributed by atoms with van der Waals surface area (Å²) in [7, 11) is 1.33. The molecule has 1 aromatic heterocycles. The number of methoxy groups -OCH3 is 1. The minimum absolute atomic E-state index is 0.0869. The Bertz CT molecular complexity index is 433. The van der Waals surface area contributed by atoms with Crippen LogP contribution in [-0.2, 0) is 11.3 Å². The van der Waals surface area contributed by atoms with Crippen LogP contribution in [0.2, 0.25) is 0 Å². The number of hydrogen-bond acceptors (Lipinski definition) is 5. The highest BCUT2D eigenvalue weighted by Gasteiger charge is 2.21. The molecule has 0 bridgehead atoms. The first-order valence-electron chi connectivity index (χ1n) is 5.15. The summed E-state index contributed by atoms with van der Waals surface area (Å²) in [6, 6.07) is 3.39. The van der Waals surface area contributed by atoms with Gasteiger partial charge in [-0.3, -0.25) is 9.78 Å². The Kier molecular flexibility index (Phi) is 3.63. The van der Waals surface area contributed by atoms with E-state index in [-0.39, 0.29) is 5.24 Å². The van der Waals surface area contributed by atoms with Gasteiger partial charge in [0.15, 0.2) is 0 Å². The number of hydrogen-bond donors (Lipinski definition) is 0. The summed E-state index contributed by atoms with van der Waals surface area (Å²) in [5, 5.41) is 0.0869. The molecule has 0 aliphatic carbocycles. The van der Waals surface area contributed by atoms with E-state index in [1.165, 1.54) is 25.1 Å². The lowest BCUT2D eigenvalue weighted by molar-refractivity contribution is 0.0600. The molecule has 1 fully saturated rings. The zero-order valence-electron chi connectivity index (χ0n) is 9.38. The molecule has 90 valence electrons. The molecule has 0 radical (unpaired) electrons. The minimum Gasteiger partial charge on any atom is -0.465 e. The summed E-state index contributed by atoms with van der Waals surface area (Å²) >= 11 is 1.32. The molecular weight excluding hydrogens is 240 g/mol. The van der Waals surface area contributed by atoms with Crippen LogP contribution < -0.4 is 0 Å². The average Bonchev–Trinajstić information content (AvgIpc) is 2.75. The van der Waals surface area contributed by atoms with Crippen molar-refractivity contribution in [1.82, 2.24) is 9.88 Å². The Morgan fingerprint density at radius 3 is 2.94 bits per heavy atom. The van der Waals surface area contributed by atoms with Crippen LogP contribution >= 0.6 is 11.8 Å². The van der Waals surface area contributed by atoms with Crippen LogP contribution in [0.5, 0.6) is 0 Å². The van der Waals surface area contributed by atoms with E-state index >= 15 is 0 Å². The zero-order valence-corrected chi connectivity index (χ0v) is 10.2. The van der Waals surface area contributed by atoms with Crippen LogP contribution in [0.4, 0.5) is 4.79 Å². The molecular formula is C11H12N2O3S. The fourth-order valence-corrected chi connectivity index (χ4v) is 2.35. The van der Waals surface area contributed by atoms with E-state index in [0.29, 0.717) is 12.1 Å². The Hall–Kier alpha value is -1.56. The number of esters is 1. The number of thioether (sulfide) groups is 1. The topological polar surface area (TPSA) is 59.5 Å². The van der Waals surface area contributed by atoms with Crippen molar-refractivity contribution in [3.05, 3.63) is 29.6 Å². The van der Waals surface area contributed by atoms with Gasteiger partial charge in [-0.15, -0.1) is 0 Å². The molecule has 0 N–H and O–H groups in total. The van der Waals surface area contributed by atoms with Crippen LogP contribution in [0.3, 0.4) is 0 Å². The lowest BCUT2D eigenvalue weighted by atomic mass is 10.2. The van der Waals surface area contributed by atoms with E-state index in [1.807, 2.05) is 0 Å². The fraction of sp³-hybridized carbons (Fsp3) is 0.364.